The largest absolute Gasteiger partial charge is 0.381 e. The summed E-state index contributed by atoms with van der Waals surface area (Å²) in [4.78, 5) is 13.1. The van der Waals surface area contributed by atoms with Gasteiger partial charge in [-0.3, -0.25) is 4.79 Å². The number of amides is 1. The van der Waals surface area contributed by atoms with Gasteiger partial charge in [-0.2, -0.15) is 0 Å². The van der Waals surface area contributed by atoms with Gasteiger partial charge in [-0.25, -0.2) is 4.39 Å². The van der Waals surface area contributed by atoms with Crippen molar-refractivity contribution in [2.45, 2.75) is 25.2 Å². The van der Waals surface area contributed by atoms with Crippen molar-refractivity contribution in [3.05, 3.63) is 63.9 Å². The summed E-state index contributed by atoms with van der Waals surface area (Å²) in [6.07, 6.45) is 1.21. The molecule has 3 rings (SSSR count). The smallest absolute Gasteiger partial charge is 0.235 e. The number of nitrogens with one attached hydrogen (secondary N) is 1. The van der Waals surface area contributed by atoms with Gasteiger partial charge in [0.2, 0.25) is 5.91 Å². The Balaban J connectivity index is 1.91. The maximum absolute atomic E-state index is 13.8. The predicted molar refractivity (Wildman–Crippen MR) is 95.6 cm³/mol. The number of carbonyl (C=O) groups is 1. The monoisotopic (exact) mass is 391 g/mol. The van der Waals surface area contributed by atoms with Crippen molar-refractivity contribution in [2.24, 2.45) is 0 Å². The number of ether oxygens (including phenoxy) is 1. The van der Waals surface area contributed by atoms with Crippen LogP contribution in [0.3, 0.4) is 0 Å². The highest BCUT2D eigenvalue weighted by atomic mass is 79.9. The molecular formula is C19H19BrFNO2. The molecule has 3 nitrogen and oxygen atoms in total. The molecule has 1 heterocycles. The Kier molecular flexibility index (Phi) is 5.01. The van der Waals surface area contributed by atoms with E-state index in [-0.39, 0.29) is 11.7 Å². The topological polar surface area (TPSA) is 38.3 Å². The summed E-state index contributed by atoms with van der Waals surface area (Å²) in [5.41, 5.74) is 1.34. The first-order chi connectivity index (χ1) is 11.5. The summed E-state index contributed by atoms with van der Waals surface area (Å²) in [6, 6.07) is 12.6. The Hall–Kier alpha value is -1.72. The highest BCUT2D eigenvalue weighted by Gasteiger charge is 2.41. The number of hydrogen-bond donors (Lipinski definition) is 1. The second-order valence-corrected chi connectivity index (χ2v) is 7.04. The quantitative estimate of drug-likeness (QED) is 0.830. The van der Waals surface area contributed by atoms with E-state index in [1.165, 1.54) is 6.07 Å². The molecule has 1 fully saturated rings. The summed E-state index contributed by atoms with van der Waals surface area (Å²) < 4.78 is 20.2. The molecule has 24 heavy (non-hydrogen) atoms. The predicted octanol–water partition coefficient (Wildman–Crippen LogP) is 4.58. The van der Waals surface area contributed by atoms with Crippen LogP contribution >= 0.6 is 15.9 Å². The van der Waals surface area contributed by atoms with E-state index in [1.807, 2.05) is 24.3 Å². The molecule has 1 aliphatic heterocycles. The fraction of sp³-hybridized carbons (Fsp3) is 0.316. The minimum atomic E-state index is -0.652. The van der Waals surface area contributed by atoms with Gasteiger partial charge in [-0.05, 0) is 55.2 Å². The van der Waals surface area contributed by atoms with Gasteiger partial charge in [-0.15, -0.1) is 0 Å². The summed E-state index contributed by atoms with van der Waals surface area (Å²) in [7, 11) is 0. The Morgan fingerprint density at radius 3 is 2.46 bits per heavy atom. The van der Waals surface area contributed by atoms with Crippen LogP contribution in [0.2, 0.25) is 0 Å². The molecule has 2 aromatic rings. The highest BCUT2D eigenvalue weighted by molar-refractivity contribution is 9.10. The zero-order chi connectivity index (χ0) is 17.2. The lowest BCUT2D eigenvalue weighted by Crippen LogP contribution is -2.44. The normalized spacial score (nSPS) is 16.6. The second kappa shape index (κ2) is 7.03. The first-order valence-corrected chi connectivity index (χ1v) is 8.72. The number of halogens is 2. The van der Waals surface area contributed by atoms with Gasteiger partial charge in [-0.1, -0.05) is 34.1 Å². The van der Waals surface area contributed by atoms with E-state index in [1.54, 1.807) is 19.1 Å². The van der Waals surface area contributed by atoms with Gasteiger partial charge in [0.25, 0.3) is 0 Å². The molecule has 2 aromatic carbocycles. The molecule has 0 saturated carbocycles. The Morgan fingerprint density at radius 2 is 1.83 bits per heavy atom. The minimum Gasteiger partial charge on any atom is -0.381 e. The Bertz CT molecular complexity index is 740. The van der Waals surface area contributed by atoms with Gasteiger partial charge < -0.3 is 10.1 Å². The van der Waals surface area contributed by atoms with Gasteiger partial charge >= 0.3 is 0 Å². The summed E-state index contributed by atoms with van der Waals surface area (Å²) >= 11 is 3.43. The van der Waals surface area contributed by atoms with E-state index >= 15 is 0 Å². The molecule has 5 heteroatoms. The molecule has 0 aromatic heterocycles. The van der Waals surface area contributed by atoms with E-state index in [0.717, 1.165) is 10.0 Å². The van der Waals surface area contributed by atoms with Crippen LogP contribution in [-0.4, -0.2) is 19.1 Å². The Labute approximate surface area is 149 Å². The van der Waals surface area contributed by atoms with E-state index < -0.39 is 5.41 Å². The lowest BCUT2D eigenvalue weighted by molar-refractivity contribution is -0.125. The lowest BCUT2D eigenvalue weighted by atomic mass is 9.73. The first-order valence-electron chi connectivity index (χ1n) is 7.93. The van der Waals surface area contributed by atoms with Gasteiger partial charge in [0.1, 0.15) is 5.82 Å². The van der Waals surface area contributed by atoms with Crippen molar-refractivity contribution < 1.29 is 13.9 Å². The molecule has 1 N–H and O–H groups in total. The van der Waals surface area contributed by atoms with E-state index in [9.17, 15) is 9.18 Å². The summed E-state index contributed by atoms with van der Waals surface area (Å²) in [5, 5.41) is 2.89. The van der Waals surface area contributed by atoms with Crippen LogP contribution in [0, 0.1) is 12.7 Å². The highest BCUT2D eigenvalue weighted by Crippen LogP contribution is 2.36. The third kappa shape index (κ3) is 3.37. The third-order valence-corrected chi connectivity index (χ3v) is 5.14. The second-order valence-electron chi connectivity index (χ2n) is 6.12. The average molecular weight is 392 g/mol. The maximum Gasteiger partial charge on any atom is 0.235 e. The molecule has 0 unspecified atom stereocenters. The van der Waals surface area contributed by atoms with Crippen molar-refractivity contribution in [3.63, 3.8) is 0 Å². The number of benzene rings is 2. The van der Waals surface area contributed by atoms with Crippen molar-refractivity contribution in [2.75, 3.05) is 18.5 Å². The number of rotatable bonds is 3. The van der Waals surface area contributed by atoms with Crippen LogP contribution in [0.1, 0.15) is 24.0 Å². The first kappa shape index (κ1) is 17.1. The zero-order valence-corrected chi connectivity index (χ0v) is 15.0. The lowest BCUT2D eigenvalue weighted by Gasteiger charge is -2.36. The fourth-order valence-electron chi connectivity index (χ4n) is 3.06. The number of anilines is 1. The molecule has 0 atom stereocenters. The fourth-order valence-corrected chi connectivity index (χ4v) is 3.32. The molecule has 0 aliphatic carbocycles. The standard InChI is InChI=1S/C19H19BrFNO2/c1-13-2-7-16(12-17(13)21)22-18(23)19(8-10-24-11-9-19)14-3-5-15(20)6-4-14/h2-7,12H,8-11H2,1H3,(H,22,23). The molecule has 0 spiro atoms. The molecule has 1 saturated heterocycles. The van der Waals surface area contributed by atoms with Gasteiger partial charge in [0, 0.05) is 23.4 Å². The molecular weight excluding hydrogens is 373 g/mol. The van der Waals surface area contributed by atoms with Gasteiger partial charge in [0.15, 0.2) is 0 Å². The Morgan fingerprint density at radius 1 is 1.17 bits per heavy atom. The third-order valence-electron chi connectivity index (χ3n) is 4.61. The van der Waals surface area contributed by atoms with Crippen molar-refractivity contribution in [3.8, 4) is 0 Å². The van der Waals surface area contributed by atoms with Crippen LogP contribution in [0.25, 0.3) is 0 Å². The molecule has 1 amide bonds. The number of carbonyl (C=O) groups excluding carboxylic acids is 1. The van der Waals surface area contributed by atoms with Crippen molar-refractivity contribution >= 4 is 27.5 Å². The average Bonchev–Trinajstić information content (AvgIpc) is 2.59. The van der Waals surface area contributed by atoms with E-state index in [4.69, 9.17) is 4.74 Å². The molecule has 0 bridgehead atoms. The van der Waals surface area contributed by atoms with Crippen LogP contribution < -0.4 is 5.32 Å². The summed E-state index contributed by atoms with van der Waals surface area (Å²) in [6.45, 7) is 2.76. The van der Waals surface area contributed by atoms with Crippen LogP contribution in [-0.2, 0) is 14.9 Å². The molecule has 1 aliphatic rings. The number of aryl methyl sites for hydroxylation is 1. The zero-order valence-electron chi connectivity index (χ0n) is 13.4. The van der Waals surface area contributed by atoms with Crippen LogP contribution in [0.15, 0.2) is 46.9 Å². The maximum atomic E-state index is 13.8. The summed E-state index contributed by atoms with van der Waals surface area (Å²) in [5.74, 6) is -0.436. The van der Waals surface area contributed by atoms with Crippen molar-refractivity contribution in [1.29, 1.82) is 0 Å². The van der Waals surface area contributed by atoms with Crippen LogP contribution in [0.4, 0.5) is 10.1 Å². The minimum absolute atomic E-state index is 0.114. The van der Waals surface area contributed by atoms with Crippen molar-refractivity contribution in [1.82, 2.24) is 0 Å². The molecule has 126 valence electrons. The SMILES string of the molecule is Cc1ccc(NC(=O)C2(c3ccc(Br)cc3)CCOCC2)cc1F. The van der Waals surface area contributed by atoms with E-state index in [0.29, 0.717) is 37.3 Å². The molecule has 0 radical (unpaired) electrons. The number of hydrogen-bond acceptors (Lipinski definition) is 2. The van der Waals surface area contributed by atoms with Gasteiger partial charge in [0.05, 0.1) is 5.41 Å². The van der Waals surface area contributed by atoms with E-state index in [2.05, 4.69) is 21.2 Å². The van der Waals surface area contributed by atoms with Crippen LogP contribution in [0.5, 0.6) is 0 Å².